The molecular formula is C23H21N3O4S. The molecule has 3 aromatic carbocycles. The van der Waals surface area contributed by atoms with Gasteiger partial charge in [0.25, 0.3) is 11.8 Å². The lowest BCUT2D eigenvalue weighted by Crippen LogP contribution is -2.52. The Morgan fingerprint density at radius 3 is 1.94 bits per heavy atom. The van der Waals surface area contributed by atoms with E-state index < -0.39 is 10.0 Å². The highest BCUT2D eigenvalue weighted by atomic mass is 32.2. The van der Waals surface area contributed by atoms with Crippen LogP contribution in [0.1, 0.15) is 20.7 Å². The second kappa shape index (κ2) is 7.56. The largest absolute Gasteiger partial charge is 0.283 e. The van der Waals surface area contributed by atoms with E-state index in [-0.39, 0.29) is 23.4 Å². The Morgan fingerprint density at radius 1 is 0.710 bits per heavy atom. The number of piperazine rings is 1. The molecule has 158 valence electrons. The fourth-order valence-corrected chi connectivity index (χ4v) is 5.61. The molecule has 0 atom stereocenters. The Labute approximate surface area is 180 Å². The van der Waals surface area contributed by atoms with Gasteiger partial charge in [0.2, 0.25) is 10.0 Å². The molecule has 0 bridgehead atoms. The summed E-state index contributed by atoms with van der Waals surface area (Å²) in [6.45, 7) is 1.66. The lowest BCUT2D eigenvalue weighted by Gasteiger charge is -2.35. The summed E-state index contributed by atoms with van der Waals surface area (Å²) < 4.78 is 27.7. The van der Waals surface area contributed by atoms with Crippen molar-refractivity contribution in [2.75, 3.05) is 32.8 Å². The maximum Gasteiger partial charge on any atom is 0.262 e. The molecule has 31 heavy (non-hydrogen) atoms. The van der Waals surface area contributed by atoms with Crippen LogP contribution in [0, 0.1) is 0 Å². The Morgan fingerprint density at radius 2 is 1.29 bits per heavy atom. The Bertz CT molecular complexity index is 1260. The summed E-state index contributed by atoms with van der Waals surface area (Å²) >= 11 is 0. The Kier molecular flexibility index (Phi) is 4.85. The first kappa shape index (κ1) is 19.9. The van der Waals surface area contributed by atoms with E-state index in [2.05, 4.69) is 0 Å². The Balaban J connectivity index is 1.27. The highest BCUT2D eigenvalue weighted by Gasteiger charge is 2.37. The molecule has 1 fully saturated rings. The van der Waals surface area contributed by atoms with Crippen molar-refractivity contribution in [2.24, 2.45) is 0 Å². The fourth-order valence-electron chi connectivity index (χ4n) is 4.16. The van der Waals surface area contributed by atoms with Gasteiger partial charge in [-0.1, -0.05) is 42.5 Å². The normalized spacial score (nSPS) is 18.0. The molecule has 0 aromatic heterocycles. The molecule has 7 nitrogen and oxygen atoms in total. The van der Waals surface area contributed by atoms with Crippen LogP contribution in [0.2, 0.25) is 0 Å². The fraction of sp³-hybridized carbons (Fsp3) is 0.217. The molecule has 1 saturated heterocycles. The smallest absolute Gasteiger partial charge is 0.262 e. The minimum Gasteiger partial charge on any atom is -0.283 e. The van der Waals surface area contributed by atoms with Crippen molar-refractivity contribution in [3.8, 4) is 0 Å². The summed E-state index contributed by atoms with van der Waals surface area (Å²) in [5.41, 5.74) is 0.843. The molecule has 8 heteroatoms. The van der Waals surface area contributed by atoms with Crippen molar-refractivity contribution in [2.45, 2.75) is 4.90 Å². The monoisotopic (exact) mass is 435 g/mol. The summed E-state index contributed by atoms with van der Waals surface area (Å²) in [5.74, 6) is -0.598. The van der Waals surface area contributed by atoms with Crippen molar-refractivity contribution in [3.63, 3.8) is 0 Å². The number of fused-ring (bicyclic) bond motifs is 2. The summed E-state index contributed by atoms with van der Waals surface area (Å²) in [7, 11) is -3.61. The first-order valence-corrected chi connectivity index (χ1v) is 11.6. The predicted octanol–water partition coefficient (Wildman–Crippen LogP) is 2.40. The molecule has 0 N–H and O–H groups in total. The van der Waals surface area contributed by atoms with Crippen LogP contribution in [0.25, 0.3) is 10.8 Å². The predicted molar refractivity (Wildman–Crippen MR) is 116 cm³/mol. The van der Waals surface area contributed by atoms with E-state index in [1.165, 1.54) is 9.21 Å². The van der Waals surface area contributed by atoms with Crippen molar-refractivity contribution in [1.29, 1.82) is 0 Å². The molecule has 0 unspecified atom stereocenters. The number of imide groups is 1. The van der Waals surface area contributed by atoms with Crippen molar-refractivity contribution in [1.82, 2.24) is 14.1 Å². The average Bonchev–Trinajstić information content (AvgIpc) is 3.04. The van der Waals surface area contributed by atoms with E-state index in [0.29, 0.717) is 37.3 Å². The number of carbonyl (C=O) groups is 2. The van der Waals surface area contributed by atoms with Crippen LogP contribution >= 0.6 is 0 Å². The van der Waals surface area contributed by atoms with Gasteiger partial charge in [0.1, 0.15) is 0 Å². The van der Waals surface area contributed by atoms with Crippen LogP contribution in [0.5, 0.6) is 0 Å². The van der Waals surface area contributed by atoms with E-state index in [4.69, 9.17) is 0 Å². The van der Waals surface area contributed by atoms with E-state index in [9.17, 15) is 18.0 Å². The number of nitrogens with zero attached hydrogens (tertiary/aromatic N) is 3. The van der Waals surface area contributed by atoms with Gasteiger partial charge in [-0.2, -0.15) is 4.31 Å². The van der Waals surface area contributed by atoms with Crippen molar-refractivity contribution in [3.05, 3.63) is 77.9 Å². The van der Waals surface area contributed by atoms with Crippen LogP contribution in [-0.4, -0.2) is 67.2 Å². The molecule has 2 heterocycles. The van der Waals surface area contributed by atoms with Gasteiger partial charge >= 0.3 is 0 Å². The highest BCUT2D eigenvalue weighted by Crippen LogP contribution is 2.25. The molecule has 2 aliphatic heterocycles. The van der Waals surface area contributed by atoms with Gasteiger partial charge in [-0.15, -0.1) is 0 Å². The first-order valence-electron chi connectivity index (χ1n) is 10.1. The number of hydrogen-bond acceptors (Lipinski definition) is 5. The summed E-state index contributed by atoms with van der Waals surface area (Å²) in [5, 5.41) is 1.88. The van der Waals surface area contributed by atoms with Crippen LogP contribution in [0.15, 0.2) is 71.6 Å². The number of sulfonamides is 1. The van der Waals surface area contributed by atoms with Crippen LogP contribution in [0.4, 0.5) is 0 Å². The third-order valence-electron chi connectivity index (χ3n) is 5.91. The van der Waals surface area contributed by atoms with Crippen LogP contribution < -0.4 is 0 Å². The molecule has 0 saturated carbocycles. The quantitative estimate of drug-likeness (QED) is 0.588. The number of rotatable bonds is 4. The van der Waals surface area contributed by atoms with Gasteiger partial charge in [-0.3, -0.25) is 19.4 Å². The third-order valence-corrected chi connectivity index (χ3v) is 7.80. The lowest BCUT2D eigenvalue weighted by molar-refractivity contribution is 0.0500. The van der Waals surface area contributed by atoms with Crippen molar-refractivity contribution < 1.29 is 18.0 Å². The molecule has 2 amide bonds. The molecule has 3 aromatic rings. The summed E-state index contributed by atoms with van der Waals surface area (Å²) in [6.07, 6.45) is 0. The van der Waals surface area contributed by atoms with Gasteiger partial charge in [0.15, 0.2) is 0 Å². The standard InChI is InChI=1S/C23H21N3O4S/c27-22-20-7-3-4-8-21(20)23(28)26(22)16-24-11-13-25(14-12-24)31(29,30)19-10-9-17-5-1-2-6-18(17)15-19/h1-10,15H,11-14,16H2. The second-order valence-electron chi connectivity index (χ2n) is 7.76. The van der Waals surface area contributed by atoms with Crippen molar-refractivity contribution >= 4 is 32.6 Å². The zero-order valence-corrected chi connectivity index (χ0v) is 17.6. The number of hydrogen-bond donors (Lipinski definition) is 0. The van der Waals surface area contributed by atoms with Gasteiger partial charge in [0, 0.05) is 26.2 Å². The number of benzene rings is 3. The van der Waals surface area contributed by atoms with Gasteiger partial charge in [0.05, 0.1) is 22.7 Å². The summed E-state index contributed by atoms with van der Waals surface area (Å²) in [4.78, 5) is 28.6. The molecule has 0 spiro atoms. The van der Waals surface area contributed by atoms with E-state index in [1.807, 2.05) is 35.2 Å². The number of carbonyl (C=O) groups excluding carboxylic acids is 2. The van der Waals surface area contributed by atoms with E-state index >= 15 is 0 Å². The summed E-state index contributed by atoms with van der Waals surface area (Å²) in [6, 6.07) is 19.6. The van der Waals surface area contributed by atoms with Gasteiger partial charge < -0.3 is 0 Å². The van der Waals surface area contributed by atoms with E-state index in [0.717, 1.165) is 10.8 Å². The van der Waals surface area contributed by atoms with Gasteiger partial charge in [-0.05, 0) is 35.0 Å². The molecule has 2 aliphatic rings. The second-order valence-corrected chi connectivity index (χ2v) is 9.69. The third kappa shape index (κ3) is 3.42. The molecule has 0 radical (unpaired) electrons. The highest BCUT2D eigenvalue weighted by molar-refractivity contribution is 7.89. The van der Waals surface area contributed by atoms with Crippen LogP contribution in [-0.2, 0) is 10.0 Å². The Hall–Kier alpha value is -3.07. The topological polar surface area (TPSA) is 78.0 Å². The number of amides is 2. The van der Waals surface area contributed by atoms with E-state index in [1.54, 1.807) is 36.4 Å². The maximum atomic E-state index is 13.1. The molecular weight excluding hydrogens is 414 g/mol. The zero-order chi connectivity index (χ0) is 21.6. The SMILES string of the molecule is O=C1c2ccccc2C(=O)N1CN1CCN(S(=O)(=O)c2ccc3ccccc3c2)CC1. The maximum absolute atomic E-state index is 13.1. The molecule has 5 rings (SSSR count). The lowest BCUT2D eigenvalue weighted by atomic mass is 10.1. The minimum atomic E-state index is -3.61. The average molecular weight is 436 g/mol. The molecule has 0 aliphatic carbocycles. The first-order chi connectivity index (χ1) is 14.9. The van der Waals surface area contributed by atoms with Gasteiger partial charge in [-0.25, -0.2) is 8.42 Å². The van der Waals surface area contributed by atoms with Crippen LogP contribution in [0.3, 0.4) is 0 Å². The zero-order valence-electron chi connectivity index (χ0n) is 16.8. The minimum absolute atomic E-state index is 0.163.